The number of hydrogen-bond donors (Lipinski definition) is 0. The Balaban J connectivity index is 1.29. The average Bonchev–Trinajstić information content (AvgIpc) is 3.50. The maximum atomic E-state index is 6.43. The fourth-order valence-corrected chi connectivity index (χ4v) is 8.00. The zero-order chi connectivity index (χ0) is 25.8. The lowest BCUT2D eigenvalue weighted by Crippen LogP contribution is -1.98. The number of benzene rings is 3. The van der Waals surface area contributed by atoms with Crippen molar-refractivity contribution < 1.29 is 4.74 Å². The molecule has 1 unspecified atom stereocenters. The Morgan fingerprint density at radius 3 is 2.18 bits per heavy atom. The molecule has 0 N–H and O–H groups in total. The number of fused-ring (bicyclic) bond motifs is 6. The molecule has 8 rings (SSSR count). The van der Waals surface area contributed by atoms with E-state index in [0.29, 0.717) is 5.88 Å². The minimum atomic E-state index is -0.764. The molecule has 184 valence electrons. The monoisotopic (exact) mass is 520 g/mol. The van der Waals surface area contributed by atoms with Crippen LogP contribution >= 0.6 is 7.53 Å². The van der Waals surface area contributed by atoms with Crippen LogP contribution in [0.3, 0.4) is 0 Å². The third kappa shape index (κ3) is 3.52. The highest BCUT2D eigenvalue weighted by molar-refractivity contribution is 7.67. The lowest BCUT2D eigenvalue weighted by molar-refractivity contribution is 0.465. The second-order valence-corrected chi connectivity index (χ2v) is 11.5. The largest absolute Gasteiger partial charge is 0.439 e. The first-order chi connectivity index (χ1) is 19.3. The number of aromatic nitrogens is 4. The van der Waals surface area contributed by atoms with Crippen molar-refractivity contribution in [2.75, 3.05) is 0 Å². The van der Waals surface area contributed by atoms with Crippen molar-refractivity contribution in [3.8, 4) is 22.9 Å². The van der Waals surface area contributed by atoms with Gasteiger partial charge in [-0.25, -0.2) is 4.98 Å². The van der Waals surface area contributed by atoms with Crippen LogP contribution in [0.4, 0.5) is 0 Å². The Hall–Kier alpha value is -4.99. The summed E-state index contributed by atoms with van der Waals surface area (Å²) < 4.78 is 8.52. The molecule has 3 aromatic carbocycles. The van der Waals surface area contributed by atoms with E-state index in [0.717, 1.165) is 38.9 Å². The molecule has 5 heterocycles. The van der Waals surface area contributed by atoms with Gasteiger partial charge in [0, 0.05) is 39.5 Å². The fourth-order valence-electron chi connectivity index (χ4n) is 5.46. The van der Waals surface area contributed by atoms with Crippen LogP contribution < -0.4 is 4.74 Å². The van der Waals surface area contributed by atoms with Crippen LogP contribution in [0.25, 0.3) is 54.2 Å². The Labute approximate surface area is 225 Å². The van der Waals surface area contributed by atoms with Gasteiger partial charge in [-0.05, 0) is 71.4 Å². The minimum Gasteiger partial charge on any atom is -0.439 e. The van der Waals surface area contributed by atoms with E-state index in [1.54, 1.807) is 6.20 Å². The lowest BCUT2D eigenvalue weighted by Gasteiger charge is -2.08. The van der Waals surface area contributed by atoms with E-state index >= 15 is 0 Å². The molecular weight excluding hydrogens is 499 g/mol. The number of ether oxygens (including phenoxy) is 1. The van der Waals surface area contributed by atoms with Crippen LogP contribution in [0.15, 0.2) is 128 Å². The van der Waals surface area contributed by atoms with Gasteiger partial charge in [-0.1, -0.05) is 56.1 Å². The van der Waals surface area contributed by atoms with E-state index in [9.17, 15) is 0 Å². The molecule has 0 aliphatic rings. The quantitative estimate of drug-likeness (QED) is 0.232. The van der Waals surface area contributed by atoms with Crippen molar-refractivity contribution in [3.05, 3.63) is 128 Å². The molecule has 0 spiro atoms. The fraction of sp³-hybridized carbons (Fsp3) is 0. The summed E-state index contributed by atoms with van der Waals surface area (Å²) in [5, 5.41) is 7.30. The number of rotatable bonds is 4. The highest BCUT2D eigenvalue weighted by Crippen LogP contribution is 2.54. The van der Waals surface area contributed by atoms with Gasteiger partial charge in [0.1, 0.15) is 11.6 Å². The summed E-state index contributed by atoms with van der Waals surface area (Å²) in [5.74, 6) is 2.13. The molecule has 0 saturated carbocycles. The van der Waals surface area contributed by atoms with Gasteiger partial charge in [0.05, 0.1) is 11.0 Å². The Kier molecular flexibility index (Phi) is 4.97. The first-order valence-corrected chi connectivity index (χ1v) is 14.1. The molecule has 0 bridgehead atoms. The zero-order valence-electron chi connectivity index (χ0n) is 20.8. The standard InChI is InChI=1S/C33H21N4OP/c1-3-11-27-23(9-1)26-17-18-31(36-33(26)37(27)30-13-5-7-19-34-30)38-22-15-16-25-24-10-2-4-12-28(24)39(29(25)21-22)32-14-6-8-20-35-32/h1-21H. The Morgan fingerprint density at radius 1 is 0.590 bits per heavy atom. The highest BCUT2D eigenvalue weighted by atomic mass is 31.1. The molecular formula is C33H21N4OP. The summed E-state index contributed by atoms with van der Waals surface area (Å²) in [7, 11) is -0.764. The van der Waals surface area contributed by atoms with Gasteiger partial charge in [-0.15, -0.1) is 0 Å². The van der Waals surface area contributed by atoms with E-state index in [2.05, 4.69) is 82.3 Å². The number of nitrogens with zero attached hydrogens (tertiary/aromatic N) is 4. The molecule has 8 aromatic rings. The van der Waals surface area contributed by atoms with Crippen molar-refractivity contribution in [1.29, 1.82) is 0 Å². The summed E-state index contributed by atoms with van der Waals surface area (Å²) in [4.78, 5) is 14.3. The van der Waals surface area contributed by atoms with Crippen molar-refractivity contribution in [2.45, 2.75) is 0 Å². The maximum absolute atomic E-state index is 6.43. The normalized spacial score (nSPS) is 12.1. The van der Waals surface area contributed by atoms with E-state index in [4.69, 9.17) is 14.7 Å². The number of pyridine rings is 3. The molecule has 5 nitrogen and oxygen atoms in total. The topological polar surface area (TPSA) is 52.8 Å². The Bertz CT molecular complexity index is 1990. The van der Waals surface area contributed by atoms with Gasteiger partial charge in [0.25, 0.3) is 0 Å². The summed E-state index contributed by atoms with van der Waals surface area (Å²) in [6, 6.07) is 39.4. The maximum Gasteiger partial charge on any atom is 0.221 e. The molecule has 5 aromatic heterocycles. The summed E-state index contributed by atoms with van der Waals surface area (Å²) in [6.07, 6.45) is 3.68. The van der Waals surface area contributed by atoms with Gasteiger partial charge >= 0.3 is 0 Å². The summed E-state index contributed by atoms with van der Waals surface area (Å²) in [6.45, 7) is 0. The number of para-hydroxylation sites is 1. The summed E-state index contributed by atoms with van der Waals surface area (Å²) >= 11 is 0. The molecule has 0 amide bonds. The van der Waals surface area contributed by atoms with E-state index in [1.807, 2.05) is 48.7 Å². The third-order valence-corrected chi connectivity index (χ3v) is 9.57. The predicted molar refractivity (Wildman–Crippen MR) is 160 cm³/mol. The van der Waals surface area contributed by atoms with Gasteiger partial charge in [-0.2, -0.15) is 4.98 Å². The molecule has 6 heteroatoms. The van der Waals surface area contributed by atoms with Gasteiger partial charge in [-0.3, -0.25) is 9.55 Å². The van der Waals surface area contributed by atoms with Crippen LogP contribution in [-0.2, 0) is 0 Å². The minimum absolute atomic E-state index is 0.542. The van der Waals surface area contributed by atoms with Crippen molar-refractivity contribution in [2.24, 2.45) is 0 Å². The lowest BCUT2D eigenvalue weighted by atomic mass is 10.1. The van der Waals surface area contributed by atoms with Crippen molar-refractivity contribution in [1.82, 2.24) is 19.5 Å². The van der Waals surface area contributed by atoms with E-state index < -0.39 is 7.53 Å². The van der Waals surface area contributed by atoms with Crippen LogP contribution in [0.5, 0.6) is 11.6 Å². The third-order valence-electron chi connectivity index (χ3n) is 7.12. The molecule has 1 atom stereocenters. The zero-order valence-corrected chi connectivity index (χ0v) is 21.7. The smallest absolute Gasteiger partial charge is 0.221 e. The predicted octanol–water partition coefficient (Wildman–Crippen LogP) is 9.04. The second-order valence-electron chi connectivity index (χ2n) is 9.38. The average molecular weight is 521 g/mol. The van der Waals surface area contributed by atoms with E-state index in [-0.39, 0.29) is 0 Å². The molecule has 0 fully saturated rings. The van der Waals surface area contributed by atoms with Crippen molar-refractivity contribution in [3.63, 3.8) is 0 Å². The SMILES string of the molecule is c1ccc(-n2c3ccccc3c3ccc(Oc4ccc5c6ccccc6p(-c6ccccn6)c5c4)nc32)nc1. The molecule has 0 radical (unpaired) electrons. The van der Waals surface area contributed by atoms with Crippen LogP contribution in [0.2, 0.25) is 0 Å². The van der Waals surface area contributed by atoms with Crippen LogP contribution in [-0.4, -0.2) is 19.5 Å². The second kappa shape index (κ2) is 8.80. The van der Waals surface area contributed by atoms with E-state index in [1.165, 1.54) is 21.0 Å². The van der Waals surface area contributed by atoms with Gasteiger partial charge in [0.15, 0.2) is 5.65 Å². The molecule has 39 heavy (non-hydrogen) atoms. The summed E-state index contributed by atoms with van der Waals surface area (Å²) in [5.41, 5.74) is 2.97. The van der Waals surface area contributed by atoms with Crippen LogP contribution in [0, 0.1) is 0 Å². The van der Waals surface area contributed by atoms with Gasteiger partial charge in [0.2, 0.25) is 5.88 Å². The van der Waals surface area contributed by atoms with Crippen molar-refractivity contribution >= 4 is 50.5 Å². The number of hydrogen-bond acceptors (Lipinski definition) is 4. The van der Waals surface area contributed by atoms with Gasteiger partial charge < -0.3 is 4.74 Å². The first kappa shape index (κ1) is 22.0. The molecule has 0 aliphatic heterocycles. The first-order valence-electron chi connectivity index (χ1n) is 12.8. The van der Waals surface area contributed by atoms with Crippen LogP contribution in [0.1, 0.15) is 0 Å². The molecule has 0 aliphatic carbocycles. The Morgan fingerprint density at radius 2 is 1.33 bits per heavy atom. The highest BCUT2D eigenvalue weighted by Gasteiger charge is 2.17. The molecule has 0 saturated heterocycles.